The normalized spacial score (nSPS) is 12.8. The smallest absolute Gasteiger partial charge is 0.123 e. The van der Waals surface area contributed by atoms with Gasteiger partial charge < -0.3 is 14.8 Å². The van der Waals surface area contributed by atoms with Crippen LogP contribution in [0.25, 0.3) is 0 Å². The highest BCUT2D eigenvalue weighted by atomic mass is 35.5. The highest BCUT2D eigenvalue weighted by molar-refractivity contribution is 6.31. The second-order valence-electron chi connectivity index (χ2n) is 5.45. The Bertz CT molecular complexity index is 421. The summed E-state index contributed by atoms with van der Waals surface area (Å²) in [7, 11) is 1.71. The Morgan fingerprint density at radius 3 is 2.55 bits per heavy atom. The third-order valence-corrected chi connectivity index (χ3v) is 3.59. The van der Waals surface area contributed by atoms with Crippen molar-refractivity contribution in [3.8, 4) is 5.75 Å². The summed E-state index contributed by atoms with van der Waals surface area (Å²) in [6.45, 7) is 10.5. The van der Waals surface area contributed by atoms with E-state index in [1.54, 1.807) is 7.11 Å². The van der Waals surface area contributed by atoms with Crippen molar-refractivity contribution in [3.05, 3.63) is 28.3 Å². The quantitative estimate of drug-likeness (QED) is 0.741. The molecule has 1 aromatic rings. The molecule has 3 nitrogen and oxygen atoms in total. The second-order valence-corrected chi connectivity index (χ2v) is 5.86. The molecule has 0 aliphatic rings. The molecule has 0 spiro atoms. The number of nitrogens with one attached hydrogen (secondary N) is 1. The van der Waals surface area contributed by atoms with Gasteiger partial charge >= 0.3 is 0 Å². The molecule has 0 fully saturated rings. The lowest BCUT2D eigenvalue weighted by Gasteiger charge is -2.17. The molecule has 1 unspecified atom stereocenters. The number of methoxy groups -OCH3 is 1. The van der Waals surface area contributed by atoms with E-state index in [0.29, 0.717) is 25.2 Å². The van der Waals surface area contributed by atoms with Crippen LogP contribution in [-0.2, 0) is 4.74 Å². The van der Waals surface area contributed by atoms with Crippen molar-refractivity contribution < 1.29 is 9.47 Å². The molecule has 0 saturated carbocycles. The Morgan fingerprint density at radius 1 is 1.25 bits per heavy atom. The maximum absolute atomic E-state index is 6.19. The van der Waals surface area contributed by atoms with E-state index in [-0.39, 0.29) is 0 Å². The predicted octanol–water partition coefficient (Wildman–Crippen LogP) is 3.78. The summed E-state index contributed by atoms with van der Waals surface area (Å²) in [5.41, 5.74) is 2.21. The molecule has 4 heteroatoms. The fraction of sp³-hybridized carbons (Fsp3) is 0.625. The summed E-state index contributed by atoms with van der Waals surface area (Å²) in [6, 6.07) is 4.37. The molecule has 0 radical (unpaired) electrons. The Labute approximate surface area is 127 Å². The molecule has 0 saturated heterocycles. The molecular weight excluding hydrogens is 274 g/mol. The van der Waals surface area contributed by atoms with Crippen molar-refractivity contribution in [3.63, 3.8) is 0 Å². The van der Waals surface area contributed by atoms with Gasteiger partial charge in [-0.2, -0.15) is 0 Å². The summed E-state index contributed by atoms with van der Waals surface area (Å²) in [5.74, 6) is 1.33. The summed E-state index contributed by atoms with van der Waals surface area (Å²) in [6.07, 6.45) is 0. The molecule has 0 bridgehead atoms. The maximum atomic E-state index is 6.19. The summed E-state index contributed by atoms with van der Waals surface area (Å²) < 4.78 is 11.0. The van der Waals surface area contributed by atoms with Crippen molar-refractivity contribution >= 4 is 11.6 Å². The lowest BCUT2D eigenvalue weighted by Crippen LogP contribution is -2.33. The number of ether oxygens (including phenoxy) is 2. The number of rotatable bonds is 8. The van der Waals surface area contributed by atoms with Gasteiger partial charge in [-0.05, 0) is 43.0 Å². The minimum atomic E-state index is 0.333. The van der Waals surface area contributed by atoms with Gasteiger partial charge in [0.25, 0.3) is 0 Å². The average molecular weight is 300 g/mol. The van der Waals surface area contributed by atoms with Gasteiger partial charge in [0.15, 0.2) is 0 Å². The minimum absolute atomic E-state index is 0.333. The number of halogens is 1. The molecule has 0 aliphatic heterocycles. The fourth-order valence-electron chi connectivity index (χ4n) is 2.02. The fourth-order valence-corrected chi connectivity index (χ4v) is 2.19. The summed E-state index contributed by atoms with van der Waals surface area (Å²) in [4.78, 5) is 0. The van der Waals surface area contributed by atoms with Gasteiger partial charge in [0.1, 0.15) is 12.4 Å². The Hall–Kier alpha value is -0.770. The van der Waals surface area contributed by atoms with E-state index in [4.69, 9.17) is 21.1 Å². The number of hydrogen-bond acceptors (Lipinski definition) is 3. The largest absolute Gasteiger partial charge is 0.492 e. The van der Waals surface area contributed by atoms with Gasteiger partial charge in [-0.25, -0.2) is 0 Å². The van der Waals surface area contributed by atoms with Crippen molar-refractivity contribution in [1.82, 2.24) is 5.32 Å². The van der Waals surface area contributed by atoms with E-state index in [2.05, 4.69) is 26.1 Å². The van der Waals surface area contributed by atoms with Gasteiger partial charge in [-0.3, -0.25) is 0 Å². The van der Waals surface area contributed by atoms with Crippen LogP contribution in [0.4, 0.5) is 0 Å². The van der Waals surface area contributed by atoms with Crippen molar-refractivity contribution in [1.29, 1.82) is 0 Å². The molecular formula is C16H26ClNO2. The molecule has 1 N–H and O–H groups in total. The van der Waals surface area contributed by atoms with E-state index in [9.17, 15) is 0 Å². The van der Waals surface area contributed by atoms with Gasteiger partial charge in [-0.1, -0.05) is 25.4 Å². The molecule has 114 valence electrons. The number of benzene rings is 1. The molecule has 1 rings (SSSR count). The topological polar surface area (TPSA) is 30.5 Å². The van der Waals surface area contributed by atoms with Gasteiger partial charge in [0, 0.05) is 24.7 Å². The van der Waals surface area contributed by atoms with Gasteiger partial charge in [0.2, 0.25) is 0 Å². The van der Waals surface area contributed by atoms with E-state index >= 15 is 0 Å². The van der Waals surface area contributed by atoms with Crippen LogP contribution in [0.5, 0.6) is 5.75 Å². The standard InChI is InChI=1S/C16H26ClNO2/c1-11(2)14-9-15(17)12(3)8-16(14)20-7-6-18-13(4)10-19-5/h8-9,11,13,18H,6-7,10H2,1-5H3. The van der Waals surface area contributed by atoms with Crippen LogP contribution in [0.15, 0.2) is 12.1 Å². The van der Waals surface area contributed by atoms with Crippen LogP contribution < -0.4 is 10.1 Å². The Morgan fingerprint density at radius 2 is 1.95 bits per heavy atom. The van der Waals surface area contributed by atoms with E-state index in [1.807, 2.05) is 19.1 Å². The van der Waals surface area contributed by atoms with Gasteiger partial charge in [-0.15, -0.1) is 0 Å². The van der Waals surface area contributed by atoms with Crippen LogP contribution in [0.2, 0.25) is 5.02 Å². The third kappa shape index (κ3) is 5.31. The Balaban J connectivity index is 2.57. The first-order valence-corrected chi connectivity index (χ1v) is 7.48. The molecule has 0 heterocycles. The summed E-state index contributed by atoms with van der Waals surface area (Å²) >= 11 is 6.19. The average Bonchev–Trinajstić information content (AvgIpc) is 2.38. The van der Waals surface area contributed by atoms with E-state index < -0.39 is 0 Å². The molecule has 0 aromatic heterocycles. The maximum Gasteiger partial charge on any atom is 0.123 e. The van der Waals surface area contributed by atoms with Gasteiger partial charge in [0.05, 0.1) is 6.61 Å². The van der Waals surface area contributed by atoms with Crippen LogP contribution in [0.3, 0.4) is 0 Å². The molecule has 0 amide bonds. The van der Waals surface area contributed by atoms with Crippen molar-refractivity contribution in [2.45, 2.75) is 39.7 Å². The van der Waals surface area contributed by atoms with Crippen LogP contribution in [0.1, 0.15) is 37.8 Å². The minimum Gasteiger partial charge on any atom is -0.492 e. The third-order valence-electron chi connectivity index (χ3n) is 3.18. The first-order valence-electron chi connectivity index (χ1n) is 7.10. The summed E-state index contributed by atoms with van der Waals surface area (Å²) in [5, 5.41) is 4.15. The van der Waals surface area contributed by atoms with Crippen molar-refractivity contribution in [2.24, 2.45) is 0 Å². The monoisotopic (exact) mass is 299 g/mol. The Kier molecular flexibility index (Phi) is 7.35. The lowest BCUT2D eigenvalue weighted by molar-refractivity contribution is 0.169. The second kappa shape index (κ2) is 8.50. The highest BCUT2D eigenvalue weighted by Crippen LogP contribution is 2.31. The first kappa shape index (κ1) is 17.3. The zero-order valence-corrected chi connectivity index (χ0v) is 13.9. The number of aryl methyl sites for hydroxylation is 1. The number of hydrogen-bond donors (Lipinski definition) is 1. The van der Waals surface area contributed by atoms with E-state index in [1.165, 1.54) is 0 Å². The van der Waals surface area contributed by atoms with E-state index in [0.717, 1.165) is 28.4 Å². The van der Waals surface area contributed by atoms with Crippen LogP contribution >= 0.6 is 11.6 Å². The van der Waals surface area contributed by atoms with Crippen molar-refractivity contribution in [2.75, 3.05) is 26.9 Å². The predicted molar refractivity (Wildman–Crippen MR) is 85.1 cm³/mol. The highest BCUT2D eigenvalue weighted by Gasteiger charge is 2.11. The lowest BCUT2D eigenvalue weighted by atomic mass is 10.0. The zero-order chi connectivity index (χ0) is 15.1. The van der Waals surface area contributed by atoms with Crippen LogP contribution in [-0.4, -0.2) is 32.9 Å². The first-order chi connectivity index (χ1) is 9.45. The molecule has 0 aliphatic carbocycles. The molecule has 1 atom stereocenters. The van der Waals surface area contributed by atoms with Crippen LogP contribution in [0, 0.1) is 6.92 Å². The SMILES string of the molecule is COCC(C)NCCOc1cc(C)c(Cl)cc1C(C)C. The zero-order valence-electron chi connectivity index (χ0n) is 13.1. The molecule has 20 heavy (non-hydrogen) atoms. The molecule has 1 aromatic carbocycles.